The largest absolute Gasteiger partial charge is 0.508 e. The summed E-state index contributed by atoms with van der Waals surface area (Å²) in [7, 11) is 0. The molecule has 0 aliphatic rings. The molecule has 9 nitrogen and oxygen atoms in total. The Morgan fingerprint density at radius 2 is 1.50 bits per heavy atom. The molecule has 0 fully saturated rings. The van der Waals surface area contributed by atoms with E-state index in [1.54, 1.807) is 0 Å². The lowest BCUT2D eigenvalue weighted by molar-refractivity contribution is -0.134. The van der Waals surface area contributed by atoms with Gasteiger partial charge in [-0.15, -0.1) is 0 Å². The molecule has 0 aromatic heterocycles. The second-order valence-corrected chi connectivity index (χ2v) is 6.56. The van der Waals surface area contributed by atoms with E-state index in [0.29, 0.717) is 24.3 Å². The van der Waals surface area contributed by atoms with Crippen LogP contribution in [0, 0.1) is 0 Å². The molecule has 30 heavy (non-hydrogen) atoms. The Kier molecular flexibility index (Phi) is 9.87. The smallest absolute Gasteiger partial charge is 0.328 e. The predicted octanol–water partition coefficient (Wildman–Crippen LogP) is 1.65. The van der Waals surface area contributed by atoms with Gasteiger partial charge in [-0.25, -0.2) is 9.59 Å². The zero-order chi connectivity index (χ0) is 22.7. The molecule has 0 amide bonds. The van der Waals surface area contributed by atoms with Crippen molar-refractivity contribution in [2.75, 3.05) is 12.3 Å². The van der Waals surface area contributed by atoms with Gasteiger partial charge >= 0.3 is 11.9 Å². The van der Waals surface area contributed by atoms with Crippen molar-refractivity contribution in [3.8, 4) is 11.5 Å². The molecule has 0 unspecified atom stereocenters. The Labute approximate surface area is 173 Å². The van der Waals surface area contributed by atoms with Gasteiger partial charge in [-0.2, -0.15) is 0 Å². The highest BCUT2D eigenvalue weighted by atomic mass is 16.4. The fourth-order valence-electron chi connectivity index (χ4n) is 2.46. The summed E-state index contributed by atoms with van der Waals surface area (Å²) in [5.74, 6) is -2.65. The van der Waals surface area contributed by atoms with Gasteiger partial charge in [-0.1, -0.05) is 12.1 Å². The number of carbonyl (C=O) groups is 2. The van der Waals surface area contributed by atoms with Gasteiger partial charge < -0.3 is 36.6 Å². The van der Waals surface area contributed by atoms with Crippen molar-refractivity contribution < 1.29 is 35.1 Å². The quantitative estimate of drug-likeness (QED) is 0.248. The minimum Gasteiger partial charge on any atom is -0.508 e. The molecule has 0 spiro atoms. The number of hydrogen-bond donors (Lipinski definition) is 7. The van der Waals surface area contributed by atoms with Gasteiger partial charge in [0.15, 0.2) is 0 Å². The van der Waals surface area contributed by atoms with Gasteiger partial charge in [0.1, 0.15) is 11.5 Å². The fourth-order valence-corrected chi connectivity index (χ4v) is 2.46. The number of nitrogen functional groups attached to an aromatic ring is 1. The summed E-state index contributed by atoms with van der Waals surface area (Å²) in [5.41, 5.74) is 8.04. The van der Waals surface area contributed by atoms with Gasteiger partial charge in [-0.05, 0) is 48.7 Å². The Bertz CT molecular complexity index is 830. The van der Waals surface area contributed by atoms with E-state index in [1.807, 2.05) is 31.2 Å². The monoisotopic (exact) mass is 418 g/mol. The maximum atomic E-state index is 10.1. The van der Waals surface area contributed by atoms with Crippen molar-refractivity contribution in [3.05, 3.63) is 65.7 Å². The van der Waals surface area contributed by atoms with Crippen molar-refractivity contribution in [1.82, 2.24) is 5.32 Å². The van der Waals surface area contributed by atoms with Crippen LogP contribution in [0.15, 0.2) is 54.6 Å². The number of hydrogen-bond acceptors (Lipinski definition) is 7. The normalized spacial score (nSPS) is 12.6. The maximum Gasteiger partial charge on any atom is 0.328 e. The number of aliphatic hydroxyl groups excluding tert-OH is 1. The molecule has 0 radical (unpaired) electrons. The average Bonchev–Trinajstić information content (AvgIpc) is 2.66. The summed E-state index contributed by atoms with van der Waals surface area (Å²) in [6.45, 7) is 2.36. The van der Waals surface area contributed by atoms with E-state index < -0.39 is 18.0 Å². The fraction of sp³-hybridized carbons (Fsp3) is 0.238. The second-order valence-electron chi connectivity index (χ2n) is 6.56. The number of aliphatic carboxylic acids is 2. The molecule has 0 aliphatic heterocycles. The summed E-state index contributed by atoms with van der Waals surface area (Å²) in [6.07, 6.45) is 1.13. The summed E-state index contributed by atoms with van der Waals surface area (Å²) >= 11 is 0. The van der Waals surface area contributed by atoms with Crippen LogP contribution < -0.4 is 11.1 Å². The number of rotatable bonds is 8. The number of aromatic hydroxyl groups is 2. The van der Waals surface area contributed by atoms with Crippen LogP contribution in [0.4, 0.5) is 5.69 Å². The number of nitrogens with two attached hydrogens (primary N) is 1. The Balaban J connectivity index is 0.000000479. The first kappa shape index (κ1) is 24.5. The molecule has 0 saturated carbocycles. The van der Waals surface area contributed by atoms with Crippen molar-refractivity contribution in [3.63, 3.8) is 0 Å². The highest BCUT2D eigenvalue weighted by Crippen LogP contribution is 2.24. The first-order valence-electron chi connectivity index (χ1n) is 8.99. The Morgan fingerprint density at radius 3 is 1.97 bits per heavy atom. The van der Waals surface area contributed by atoms with Crippen molar-refractivity contribution in [2.45, 2.75) is 25.5 Å². The number of aliphatic hydroxyl groups is 1. The summed E-state index contributed by atoms with van der Waals surface area (Å²) in [5, 5.41) is 47.9. The van der Waals surface area contributed by atoms with E-state index >= 15 is 0 Å². The molecule has 162 valence electrons. The van der Waals surface area contributed by atoms with Crippen LogP contribution in [-0.4, -0.2) is 50.1 Å². The van der Waals surface area contributed by atoms with E-state index in [-0.39, 0.29) is 17.5 Å². The molecular formula is C21H26N2O7. The molecular weight excluding hydrogens is 392 g/mol. The molecule has 2 aromatic carbocycles. The Morgan fingerprint density at radius 1 is 1.00 bits per heavy atom. The minimum absolute atomic E-state index is 0.0658. The van der Waals surface area contributed by atoms with E-state index in [4.69, 9.17) is 15.9 Å². The molecule has 2 aromatic rings. The lowest BCUT2D eigenvalue weighted by atomic mass is 10.1. The molecule has 2 atom stereocenters. The molecule has 2 rings (SSSR count). The second kappa shape index (κ2) is 12.1. The molecule has 0 saturated heterocycles. The number of phenols is 2. The first-order chi connectivity index (χ1) is 14.1. The number of nitrogens with one attached hydrogen (secondary N) is 1. The minimum atomic E-state index is -1.26. The van der Waals surface area contributed by atoms with Crippen LogP contribution in [0.1, 0.15) is 24.2 Å². The van der Waals surface area contributed by atoms with Crippen LogP contribution in [0.5, 0.6) is 11.5 Å². The van der Waals surface area contributed by atoms with Crippen molar-refractivity contribution in [2.24, 2.45) is 0 Å². The lowest BCUT2D eigenvalue weighted by Crippen LogP contribution is -2.32. The predicted molar refractivity (Wildman–Crippen MR) is 111 cm³/mol. The third-order valence-electron chi connectivity index (χ3n) is 3.86. The summed E-state index contributed by atoms with van der Waals surface area (Å²) in [6, 6.07) is 12.0. The molecule has 0 aliphatic carbocycles. The topological polar surface area (TPSA) is 173 Å². The highest BCUT2D eigenvalue weighted by Gasteiger charge is 2.12. The lowest BCUT2D eigenvalue weighted by Gasteiger charge is -2.18. The van der Waals surface area contributed by atoms with E-state index in [1.165, 1.54) is 23.8 Å². The van der Waals surface area contributed by atoms with Crippen LogP contribution in [0.3, 0.4) is 0 Å². The standard InChI is InChI=1S/C17H22N2O3.C4H4O4/c1-11(6-12-2-4-14(18)5-3-12)19-10-17(22)13-7-15(20)9-16(21)8-13;5-3(6)1-2-4(7)8/h2-5,7-9,11,17,19-22H,6,10,18H2,1H3;1-2H,(H,5,6)(H,7,8)/t11-,17-;/m0./s1. The van der Waals surface area contributed by atoms with E-state index in [9.17, 15) is 24.9 Å². The average molecular weight is 418 g/mol. The number of benzene rings is 2. The third kappa shape index (κ3) is 10.1. The number of carboxylic acids is 2. The van der Waals surface area contributed by atoms with Gasteiger partial charge in [-0.3, -0.25) is 0 Å². The molecule has 9 heteroatoms. The van der Waals surface area contributed by atoms with Gasteiger partial charge in [0, 0.05) is 36.5 Å². The zero-order valence-electron chi connectivity index (χ0n) is 16.4. The first-order valence-corrected chi connectivity index (χ1v) is 8.99. The van der Waals surface area contributed by atoms with E-state index in [0.717, 1.165) is 12.1 Å². The van der Waals surface area contributed by atoms with Gasteiger partial charge in [0.25, 0.3) is 0 Å². The van der Waals surface area contributed by atoms with Crippen LogP contribution >= 0.6 is 0 Å². The van der Waals surface area contributed by atoms with Crippen molar-refractivity contribution >= 4 is 17.6 Å². The molecule has 0 heterocycles. The number of carboxylic acid groups (broad SMARTS) is 2. The van der Waals surface area contributed by atoms with E-state index in [2.05, 4.69) is 5.32 Å². The zero-order valence-corrected chi connectivity index (χ0v) is 16.4. The van der Waals surface area contributed by atoms with Gasteiger partial charge in [0.2, 0.25) is 0 Å². The van der Waals surface area contributed by atoms with Crippen LogP contribution in [-0.2, 0) is 16.0 Å². The third-order valence-corrected chi connectivity index (χ3v) is 3.86. The highest BCUT2D eigenvalue weighted by molar-refractivity contribution is 5.89. The van der Waals surface area contributed by atoms with Crippen LogP contribution in [0.25, 0.3) is 0 Å². The van der Waals surface area contributed by atoms with Crippen LogP contribution in [0.2, 0.25) is 0 Å². The summed E-state index contributed by atoms with van der Waals surface area (Å²) in [4.78, 5) is 19.1. The summed E-state index contributed by atoms with van der Waals surface area (Å²) < 4.78 is 0. The maximum absolute atomic E-state index is 10.1. The number of phenolic OH excluding ortho intramolecular Hbond substituents is 2. The number of anilines is 1. The van der Waals surface area contributed by atoms with Gasteiger partial charge in [0.05, 0.1) is 6.10 Å². The van der Waals surface area contributed by atoms with Crippen molar-refractivity contribution in [1.29, 1.82) is 0 Å². The Hall–Kier alpha value is -3.56. The molecule has 8 N–H and O–H groups in total. The molecule has 0 bridgehead atoms. The SMILES string of the molecule is C[C@@H](Cc1ccc(N)cc1)NC[C@H](O)c1cc(O)cc(O)c1.O=C(O)C=CC(=O)O.